The number of nitrogens with zero attached hydrogens (tertiary/aromatic N) is 1. The molecule has 1 aromatic rings. The Morgan fingerprint density at radius 1 is 1.33 bits per heavy atom. The van der Waals surface area contributed by atoms with E-state index in [9.17, 15) is 0 Å². The minimum Gasteiger partial charge on any atom is -0.329 e. The Morgan fingerprint density at radius 3 is 2.78 bits per heavy atom. The highest BCUT2D eigenvalue weighted by atomic mass is 35.5. The maximum absolute atomic E-state index is 6.25. The lowest BCUT2D eigenvalue weighted by Gasteiger charge is -2.40. The summed E-state index contributed by atoms with van der Waals surface area (Å²) in [6.45, 7) is 3.85. The van der Waals surface area contributed by atoms with Crippen molar-refractivity contribution < 1.29 is 0 Å². The van der Waals surface area contributed by atoms with Gasteiger partial charge in [0.25, 0.3) is 0 Å². The summed E-state index contributed by atoms with van der Waals surface area (Å²) in [7, 11) is 0. The lowest BCUT2D eigenvalue weighted by molar-refractivity contribution is 0.0892. The molecule has 1 aliphatic heterocycles. The zero-order valence-electron chi connectivity index (χ0n) is 10.7. The standard InChI is InChI=1S/C14H20Cl2N2/c1-10-3-2-4-13(8-17)18(10)9-11-5-6-12(15)7-14(11)16/h5-7,10,13H,2-4,8-9,17H2,1H3. The van der Waals surface area contributed by atoms with Gasteiger partial charge < -0.3 is 5.73 Å². The van der Waals surface area contributed by atoms with Crippen molar-refractivity contribution in [1.82, 2.24) is 4.90 Å². The number of rotatable bonds is 3. The monoisotopic (exact) mass is 286 g/mol. The highest BCUT2D eigenvalue weighted by Gasteiger charge is 2.27. The first kappa shape index (κ1) is 14.1. The molecule has 2 nitrogen and oxygen atoms in total. The lowest BCUT2D eigenvalue weighted by atomic mass is 9.95. The van der Waals surface area contributed by atoms with Crippen LogP contribution in [0.5, 0.6) is 0 Å². The molecule has 0 amide bonds. The molecule has 1 saturated heterocycles. The van der Waals surface area contributed by atoms with Crippen molar-refractivity contribution in [3.8, 4) is 0 Å². The first-order valence-electron chi connectivity index (χ1n) is 6.51. The van der Waals surface area contributed by atoms with Crippen LogP contribution in [0.1, 0.15) is 31.7 Å². The molecule has 1 fully saturated rings. The summed E-state index contributed by atoms with van der Waals surface area (Å²) in [5.41, 5.74) is 7.01. The van der Waals surface area contributed by atoms with E-state index in [0.29, 0.717) is 17.1 Å². The molecule has 0 saturated carbocycles. The summed E-state index contributed by atoms with van der Waals surface area (Å²) >= 11 is 12.2. The van der Waals surface area contributed by atoms with E-state index < -0.39 is 0 Å². The highest BCUT2D eigenvalue weighted by molar-refractivity contribution is 6.35. The predicted octanol–water partition coefficient (Wildman–Crippen LogP) is 3.70. The summed E-state index contributed by atoms with van der Waals surface area (Å²) in [5, 5.41) is 1.43. The van der Waals surface area contributed by atoms with Crippen molar-refractivity contribution in [3.05, 3.63) is 33.8 Å². The van der Waals surface area contributed by atoms with E-state index >= 15 is 0 Å². The molecule has 1 aromatic carbocycles. The van der Waals surface area contributed by atoms with Crippen LogP contribution >= 0.6 is 23.2 Å². The van der Waals surface area contributed by atoms with E-state index in [1.54, 1.807) is 0 Å². The van der Waals surface area contributed by atoms with Crippen LogP contribution in [0.15, 0.2) is 18.2 Å². The molecule has 2 atom stereocenters. The van der Waals surface area contributed by atoms with Crippen molar-refractivity contribution in [2.45, 2.75) is 44.8 Å². The van der Waals surface area contributed by atoms with Gasteiger partial charge in [-0.2, -0.15) is 0 Å². The molecule has 0 bridgehead atoms. The summed E-state index contributed by atoms with van der Waals surface area (Å²) < 4.78 is 0. The summed E-state index contributed by atoms with van der Waals surface area (Å²) in [6.07, 6.45) is 3.70. The molecule has 2 unspecified atom stereocenters. The van der Waals surface area contributed by atoms with E-state index in [4.69, 9.17) is 28.9 Å². The maximum atomic E-state index is 6.25. The number of benzene rings is 1. The first-order valence-corrected chi connectivity index (χ1v) is 7.27. The van der Waals surface area contributed by atoms with Gasteiger partial charge in [-0.05, 0) is 37.5 Å². The molecule has 18 heavy (non-hydrogen) atoms. The van der Waals surface area contributed by atoms with Crippen molar-refractivity contribution >= 4 is 23.2 Å². The maximum Gasteiger partial charge on any atom is 0.0465 e. The average molecular weight is 287 g/mol. The third kappa shape index (κ3) is 3.18. The third-order valence-corrected chi connectivity index (χ3v) is 4.42. The summed E-state index contributed by atoms with van der Waals surface area (Å²) in [4.78, 5) is 2.47. The van der Waals surface area contributed by atoms with Gasteiger partial charge in [0.15, 0.2) is 0 Å². The minimum atomic E-state index is 0.473. The Morgan fingerprint density at radius 2 is 2.11 bits per heavy atom. The zero-order chi connectivity index (χ0) is 13.1. The molecule has 1 aliphatic rings. The van der Waals surface area contributed by atoms with E-state index in [1.165, 1.54) is 19.3 Å². The van der Waals surface area contributed by atoms with Crippen molar-refractivity contribution in [2.24, 2.45) is 5.73 Å². The summed E-state index contributed by atoms with van der Waals surface area (Å²) in [5.74, 6) is 0. The SMILES string of the molecule is CC1CCCC(CN)N1Cc1ccc(Cl)cc1Cl. The third-order valence-electron chi connectivity index (χ3n) is 3.83. The molecule has 1 heterocycles. The smallest absolute Gasteiger partial charge is 0.0465 e. The Balaban J connectivity index is 2.15. The molecule has 2 N–H and O–H groups in total. The quantitative estimate of drug-likeness (QED) is 0.918. The Kier molecular flexibility index (Phi) is 4.91. The molecule has 100 valence electrons. The van der Waals surface area contributed by atoms with E-state index in [-0.39, 0.29) is 0 Å². The van der Waals surface area contributed by atoms with Crippen LogP contribution < -0.4 is 5.73 Å². The van der Waals surface area contributed by atoms with Crippen LogP contribution in [0.3, 0.4) is 0 Å². The largest absolute Gasteiger partial charge is 0.329 e. The van der Waals surface area contributed by atoms with Gasteiger partial charge >= 0.3 is 0 Å². The van der Waals surface area contributed by atoms with Crippen molar-refractivity contribution in [1.29, 1.82) is 0 Å². The number of hydrogen-bond acceptors (Lipinski definition) is 2. The van der Waals surface area contributed by atoms with Gasteiger partial charge in [-0.15, -0.1) is 0 Å². The van der Waals surface area contributed by atoms with Gasteiger partial charge in [0.05, 0.1) is 0 Å². The first-order chi connectivity index (χ1) is 8.61. The van der Waals surface area contributed by atoms with Crippen LogP contribution in [-0.4, -0.2) is 23.5 Å². The van der Waals surface area contributed by atoms with Gasteiger partial charge in [0.1, 0.15) is 0 Å². The van der Waals surface area contributed by atoms with Gasteiger partial charge in [-0.3, -0.25) is 4.90 Å². The number of nitrogens with two attached hydrogens (primary N) is 1. The fourth-order valence-corrected chi connectivity index (χ4v) is 3.19. The normalized spacial score (nSPS) is 25.3. The molecular weight excluding hydrogens is 267 g/mol. The Labute approximate surface area is 119 Å². The van der Waals surface area contributed by atoms with Gasteiger partial charge in [0.2, 0.25) is 0 Å². The Hall–Kier alpha value is -0.280. The average Bonchev–Trinajstić information content (AvgIpc) is 2.34. The van der Waals surface area contributed by atoms with Crippen LogP contribution in [0.4, 0.5) is 0 Å². The van der Waals surface area contributed by atoms with Crippen LogP contribution in [0, 0.1) is 0 Å². The second kappa shape index (κ2) is 6.25. The number of halogens is 2. The highest BCUT2D eigenvalue weighted by Crippen LogP contribution is 2.28. The number of piperidine rings is 1. The fraction of sp³-hybridized carbons (Fsp3) is 0.571. The molecule has 4 heteroatoms. The molecule has 0 spiro atoms. The molecular formula is C14H20Cl2N2. The minimum absolute atomic E-state index is 0.473. The Bertz CT molecular complexity index is 409. The molecule has 0 radical (unpaired) electrons. The summed E-state index contributed by atoms with van der Waals surface area (Å²) in [6, 6.07) is 6.76. The van der Waals surface area contributed by atoms with Gasteiger partial charge in [-0.25, -0.2) is 0 Å². The number of likely N-dealkylation sites (tertiary alicyclic amines) is 1. The van der Waals surface area contributed by atoms with Crippen molar-refractivity contribution in [2.75, 3.05) is 6.54 Å². The predicted molar refractivity (Wildman–Crippen MR) is 78.2 cm³/mol. The molecule has 2 rings (SSSR count). The van der Waals surface area contributed by atoms with Crippen LogP contribution in [0.2, 0.25) is 10.0 Å². The second-order valence-electron chi connectivity index (χ2n) is 5.08. The van der Waals surface area contributed by atoms with E-state index in [0.717, 1.165) is 23.7 Å². The lowest BCUT2D eigenvalue weighted by Crippen LogP contribution is -2.48. The topological polar surface area (TPSA) is 29.3 Å². The molecule has 0 aromatic heterocycles. The van der Waals surface area contributed by atoms with Crippen LogP contribution in [-0.2, 0) is 6.54 Å². The second-order valence-corrected chi connectivity index (χ2v) is 5.92. The molecule has 0 aliphatic carbocycles. The van der Waals surface area contributed by atoms with E-state index in [1.807, 2.05) is 18.2 Å². The van der Waals surface area contributed by atoms with Gasteiger partial charge in [-0.1, -0.05) is 35.7 Å². The zero-order valence-corrected chi connectivity index (χ0v) is 12.2. The number of hydrogen-bond donors (Lipinski definition) is 1. The van der Waals surface area contributed by atoms with Crippen LogP contribution in [0.25, 0.3) is 0 Å². The van der Waals surface area contributed by atoms with Crippen molar-refractivity contribution in [3.63, 3.8) is 0 Å². The van der Waals surface area contributed by atoms with E-state index in [2.05, 4.69) is 11.8 Å². The van der Waals surface area contributed by atoms with Gasteiger partial charge in [0, 0.05) is 35.2 Å². The fourth-order valence-electron chi connectivity index (χ4n) is 2.73.